The number of Topliss-reactive ketones (excluding diaryl/α,β-unsaturated/α-hetero) is 1. The first-order valence-electron chi connectivity index (χ1n) is 11.0. The van der Waals surface area contributed by atoms with Gasteiger partial charge in [-0.15, -0.1) is 0 Å². The van der Waals surface area contributed by atoms with Crippen LogP contribution in [0, 0.1) is 5.41 Å². The van der Waals surface area contributed by atoms with Crippen molar-refractivity contribution in [1.29, 1.82) is 0 Å². The molecule has 0 saturated heterocycles. The molecule has 0 atom stereocenters. The van der Waals surface area contributed by atoms with Crippen LogP contribution in [0.25, 0.3) is 11.1 Å². The predicted molar refractivity (Wildman–Crippen MR) is 121 cm³/mol. The number of amides is 3. The molecule has 4 rings (SSSR count). The summed E-state index contributed by atoms with van der Waals surface area (Å²) in [5, 5.41) is 0. The number of benzene rings is 2. The molecule has 8 nitrogen and oxygen atoms in total. The number of nitrogens with two attached hydrogens (primary N) is 3. The lowest BCUT2D eigenvalue weighted by Gasteiger charge is -2.57. The zero-order chi connectivity index (χ0) is 23.8. The van der Waals surface area contributed by atoms with E-state index < -0.39 is 28.7 Å². The summed E-state index contributed by atoms with van der Waals surface area (Å²) in [5.74, 6) is -1.24. The number of carbonyl (C=O) groups is 4. The van der Waals surface area contributed by atoms with Crippen LogP contribution in [0.4, 0.5) is 0 Å². The van der Waals surface area contributed by atoms with E-state index in [4.69, 9.17) is 21.9 Å². The van der Waals surface area contributed by atoms with E-state index in [9.17, 15) is 19.2 Å². The molecule has 0 radical (unpaired) electrons. The molecule has 1 saturated carbocycles. The van der Waals surface area contributed by atoms with Crippen LogP contribution in [-0.2, 0) is 9.59 Å². The van der Waals surface area contributed by atoms with Crippen LogP contribution in [0.1, 0.15) is 65.7 Å². The van der Waals surface area contributed by atoms with Gasteiger partial charge in [0.05, 0.1) is 11.0 Å². The Kier molecular flexibility index (Phi) is 5.69. The molecule has 33 heavy (non-hydrogen) atoms. The third kappa shape index (κ3) is 3.86. The summed E-state index contributed by atoms with van der Waals surface area (Å²) >= 11 is 0. The van der Waals surface area contributed by atoms with Gasteiger partial charge in [0.2, 0.25) is 17.7 Å². The molecule has 0 bridgehead atoms. The van der Waals surface area contributed by atoms with Gasteiger partial charge >= 0.3 is 0 Å². The summed E-state index contributed by atoms with van der Waals surface area (Å²) < 4.78 is 6.53. The van der Waals surface area contributed by atoms with Crippen molar-refractivity contribution < 1.29 is 23.9 Å². The number of ketones is 1. The van der Waals surface area contributed by atoms with Crippen molar-refractivity contribution in [3.05, 3.63) is 53.6 Å². The van der Waals surface area contributed by atoms with Gasteiger partial charge in [0, 0.05) is 18.4 Å². The zero-order valence-corrected chi connectivity index (χ0v) is 18.3. The first-order valence-corrected chi connectivity index (χ1v) is 11.0. The van der Waals surface area contributed by atoms with Crippen molar-refractivity contribution in [1.82, 2.24) is 0 Å². The molecule has 1 fully saturated rings. The summed E-state index contributed by atoms with van der Waals surface area (Å²) in [6, 6.07) is 12.2. The Morgan fingerprint density at radius 3 is 2.06 bits per heavy atom. The fourth-order valence-electron chi connectivity index (χ4n) is 5.16. The van der Waals surface area contributed by atoms with E-state index in [1.54, 1.807) is 36.4 Å². The SMILES string of the molecule is NC(=O)CCC1(CCC(N)=O)C(=O)c2ccc(-c3cccc(C(N)=O)c3)cc2OC12CCC2. The first-order chi connectivity index (χ1) is 15.7. The van der Waals surface area contributed by atoms with Crippen LogP contribution in [0.3, 0.4) is 0 Å². The average molecular weight is 450 g/mol. The average Bonchev–Trinajstić information content (AvgIpc) is 2.76. The Balaban J connectivity index is 1.78. The summed E-state index contributed by atoms with van der Waals surface area (Å²) in [5.41, 5.74) is 16.7. The van der Waals surface area contributed by atoms with E-state index in [0.717, 1.165) is 17.5 Å². The molecule has 2 aliphatic rings. The maximum atomic E-state index is 13.9. The number of fused-ring (bicyclic) bond motifs is 1. The van der Waals surface area contributed by atoms with Gasteiger partial charge in [0.1, 0.15) is 11.4 Å². The highest BCUT2D eigenvalue weighted by Crippen LogP contribution is 2.59. The van der Waals surface area contributed by atoms with Crippen LogP contribution >= 0.6 is 0 Å². The van der Waals surface area contributed by atoms with Crippen LogP contribution in [-0.4, -0.2) is 29.1 Å². The Labute approximate surface area is 191 Å². The molecule has 3 amide bonds. The maximum absolute atomic E-state index is 13.9. The van der Waals surface area contributed by atoms with Crippen molar-refractivity contribution in [2.75, 3.05) is 0 Å². The molecule has 1 aliphatic heterocycles. The topological polar surface area (TPSA) is 156 Å². The van der Waals surface area contributed by atoms with Crippen molar-refractivity contribution in [3.8, 4) is 16.9 Å². The van der Waals surface area contributed by atoms with E-state index in [2.05, 4.69) is 0 Å². The smallest absolute Gasteiger partial charge is 0.248 e. The lowest BCUT2D eigenvalue weighted by atomic mass is 9.53. The van der Waals surface area contributed by atoms with Crippen LogP contribution in [0.2, 0.25) is 0 Å². The van der Waals surface area contributed by atoms with Crippen molar-refractivity contribution in [3.63, 3.8) is 0 Å². The summed E-state index contributed by atoms with van der Waals surface area (Å²) in [6.07, 6.45) is 2.59. The molecule has 2 aromatic carbocycles. The Morgan fingerprint density at radius 2 is 1.52 bits per heavy atom. The molecule has 8 heteroatoms. The summed E-state index contributed by atoms with van der Waals surface area (Å²) in [6.45, 7) is 0. The quantitative estimate of drug-likeness (QED) is 0.564. The van der Waals surface area contributed by atoms with Gasteiger partial charge in [-0.2, -0.15) is 0 Å². The van der Waals surface area contributed by atoms with Crippen LogP contribution < -0.4 is 21.9 Å². The van der Waals surface area contributed by atoms with E-state index in [0.29, 0.717) is 29.7 Å². The molecule has 172 valence electrons. The lowest BCUT2D eigenvalue weighted by Crippen LogP contribution is -2.63. The monoisotopic (exact) mass is 449 g/mol. The number of primary amides is 3. The third-order valence-electron chi connectivity index (χ3n) is 7.08. The molecule has 0 aromatic heterocycles. The van der Waals surface area contributed by atoms with E-state index in [1.807, 2.05) is 6.07 Å². The van der Waals surface area contributed by atoms with E-state index in [1.165, 1.54) is 0 Å². The highest BCUT2D eigenvalue weighted by molar-refractivity contribution is 6.06. The highest BCUT2D eigenvalue weighted by atomic mass is 16.5. The Morgan fingerprint density at radius 1 is 0.879 bits per heavy atom. The number of hydrogen-bond acceptors (Lipinski definition) is 5. The molecule has 2 aromatic rings. The number of ether oxygens (including phenoxy) is 1. The van der Waals surface area contributed by atoms with E-state index >= 15 is 0 Å². The molecular weight excluding hydrogens is 422 g/mol. The number of carbonyl (C=O) groups excluding carboxylic acids is 4. The van der Waals surface area contributed by atoms with Crippen molar-refractivity contribution in [2.45, 2.75) is 50.5 Å². The molecule has 0 unspecified atom stereocenters. The van der Waals surface area contributed by atoms with Gasteiger partial charge in [-0.1, -0.05) is 18.2 Å². The normalized spacial score (nSPS) is 17.5. The standard InChI is InChI=1S/C25H27N3O5/c26-20(29)7-11-24(12-8-21(27)30)22(31)18-6-5-16(14-19(18)33-25(24)9-2-10-25)15-3-1-4-17(13-15)23(28)32/h1,3-6,13-14H,2,7-12H2,(H2,26,29)(H2,27,30)(H2,28,32). The Hall–Kier alpha value is -3.68. The molecule has 1 spiro atoms. The minimum absolute atomic E-state index is 0.0168. The Bertz CT molecular complexity index is 1130. The second-order valence-electron chi connectivity index (χ2n) is 8.95. The molecular formula is C25H27N3O5. The number of rotatable bonds is 8. The number of hydrogen-bond donors (Lipinski definition) is 3. The largest absolute Gasteiger partial charge is 0.485 e. The second kappa shape index (κ2) is 8.35. The van der Waals surface area contributed by atoms with E-state index in [-0.39, 0.29) is 31.5 Å². The lowest BCUT2D eigenvalue weighted by molar-refractivity contribution is -0.129. The van der Waals surface area contributed by atoms with Crippen LogP contribution in [0.5, 0.6) is 5.75 Å². The highest BCUT2D eigenvalue weighted by Gasteiger charge is 2.63. The zero-order valence-electron chi connectivity index (χ0n) is 18.3. The molecule has 6 N–H and O–H groups in total. The third-order valence-corrected chi connectivity index (χ3v) is 7.08. The van der Waals surface area contributed by atoms with Crippen LogP contribution in [0.15, 0.2) is 42.5 Å². The van der Waals surface area contributed by atoms with Gasteiger partial charge in [-0.05, 0) is 67.5 Å². The van der Waals surface area contributed by atoms with Crippen molar-refractivity contribution >= 4 is 23.5 Å². The van der Waals surface area contributed by atoms with Crippen molar-refractivity contribution in [2.24, 2.45) is 22.6 Å². The molecule has 1 heterocycles. The maximum Gasteiger partial charge on any atom is 0.248 e. The predicted octanol–water partition coefficient (Wildman–Crippen LogP) is 2.47. The van der Waals surface area contributed by atoms with Gasteiger partial charge in [-0.3, -0.25) is 19.2 Å². The second-order valence-corrected chi connectivity index (χ2v) is 8.95. The molecule has 1 aliphatic carbocycles. The summed E-state index contributed by atoms with van der Waals surface area (Å²) in [7, 11) is 0. The van der Waals surface area contributed by atoms with Gasteiger partial charge in [0.25, 0.3) is 0 Å². The first kappa shape index (κ1) is 22.5. The van der Waals surface area contributed by atoms with Gasteiger partial charge < -0.3 is 21.9 Å². The summed E-state index contributed by atoms with van der Waals surface area (Å²) in [4.78, 5) is 48.7. The minimum atomic E-state index is -1.05. The van der Waals surface area contributed by atoms with Gasteiger partial charge in [-0.25, -0.2) is 0 Å². The van der Waals surface area contributed by atoms with Gasteiger partial charge in [0.15, 0.2) is 5.78 Å². The fourth-order valence-corrected chi connectivity index (χ4v) is 5.16. The minimum Gasteiger partial charge on any atom is -0.485 e. The fraction of sp³-hybridized carbons (Fsp3) is 0.360.